The molecule has 0 unspecified atom stereocenters. The highest BCUT2D eigenvalue weighted by Gasteiger charge is 2.36. The fraction of sp³-hybridized carbons (Fsp3) is 0.240. The van der Waals surface area contributed by atoms with Gasteiger partial charge in [0.25, 0.3) is 11.1 Å². The Hall–Kier alpha value is -3.52. The fourth-order valence-electron chi connectivity index (χ4n) is 3.41. The van der Waals surface area contributed by atoms with E-state index in [1.807, 2.05) is 25.1 Å². The number of allylic oxidation sites excluding steroid dienone is 1. The molecule has 3 rings (SSSR count). The number of imide groups is 1. The molecule has 0 atom stereocenters. The number of methoxy groups -OCH3 is 2. The van der Waals surface area contributed by atoms with E-state index in [1.165, 1.54) is 7.11 Å². The van der Waals surface area contributed by atoms with E-state index < -0.39 is 17.1 Å². The third-order valence-electron chi connectivity index (χ3n) is 5.06. The number of nitrogens with zero attached hydrogens (tertiary/aromatic N) is 1. The molecule has 0 aliphatic carbocycles. The van der Waals surface area contributed by atoms with Crippen molar-refractivity contribution in [2.45, 2.75) is 19.8 Å². The highest BCUT2D eigenvalue weighted by atomic mass is 32.2. The van der Waals surface area contributed by atoms with Crippen LogP contribution < -0.4 is 14.8 Å². The van der Waals surface area contributed by atoms with Crippen LogP contribution in [-0.2, 0) is 22.4 Å². The average Bonchev–Trinajstić information content (AvgIpc) is 3.06. The molecule has 0 saturated carbocycles. The van der Waals surface area contributed by atoms with E-state index in [1.54, 1.807) is 37.5 Å². The van der Waals surface area contributed by atoms with Crippen molar-refractivity contribution in [3.8, 4) is 11.5 Å². The van der Waals surface area contributed by atoms with Crippen molar-refractivity contribution >= 4 is 40.6 Å². The first-order chi connectivity index (χ1) is 15.9. The molecule has 1 fully saturated rings. The van der Waals surface area contributed by atoms with Gasteiger partial charge in [-0.3, -0.25) is 19.3 Å². The number of benzene rings is 2. The smallest absolute Gasteiger partial charge is 0.294 e. The van der Waals surface area contributed by atoms with Crippen LogP contribution in [0.15, 0.2) is 54.0 Å². The average molecular weight is 467 g/mol. The van der Waals surface area contributed by atoms with Crippen LogP contribution in [-0.4, -0.2) is 42.7 Å². The topological polar surface area (TPSA) is 84.9 Å². The minimum Gasteiger partial charge on any atom is -0.493 e. The summed E-state index contributed by atoms with van der Waals surface area (Å²) in [5.41, 5.74) is 3.27. The zero-order valence-corrected chi connectivity index (χ0v) is 19.7. The number of nitrogens with one attached hydrogen (secondary N) is 1. The van der Waals surface area contributed by atoms with Crippen LogP contribution in [0.3, 0.4) is 0 Å². The van der Waals surface area contributed by atoms with Gasteiger partial charge < -0.3 is 14.8 Å². The van der Waals surface area contributed by atoms with E-state index in [0.717, 1.165) is 34.2 Å². The lowest BCUT2D eigenvalue weighted by atomic mass is 10.0. The molecule has 1 aliphatic heterocycles. The van der Waals surface area contributed by atoms with E-state index >= 15 is 0 Å². The quantitative estimate of drug-likeness (QED) is 0.427. The maximum absolute atomic E-state index is 12.8. The van der Waals surface area contributed by atoms with Crippen molar-refractivity contribution in [1.29, 1.82) is 0 Å². The lowest BCUT2D eigenvalue weighted by Crippen LogP contribution is -2.36. The van der Waals surface area contributed by atoms with E-state index in [2.05, 4.69) is 11.9 Å². The number of anilines is 1. The predicted octanol–water partition coefficient (Wildman–Crippen LogP) is 4.67. The number of thioether (sulfide) groups is 1. The van der Waals surface area contributed by atoms with Gasteiger partial charge in [-0.1, -0.05) is 25.1 Å². The van der Waals surface area contributed by atoms with Crippen LogP contribution >= 0.6 is 11.8 Å². The van der Waals surface area contributed by atoms with E-state index in [9.17, 15) is 14.4 Å². The van der Waals surface area contributed by atoms with Crippen molar-refractivity contribution in [2.75, 3.05) is 26.1 Å². The van der Waals surface area contributed by atoms with Gasteiger partial charge >= 0.3 is 0 Å². The molecule has 2 aromatic carbocycles. The van der Waals surface area contributed by atoms with Crippen molar-refractivity contribution in [3.05, 3.63) is 70.6 Å². The maximum atomic E-state index is 12.8. The second kappa shape index (κ2) is 10.9. The molecule has 1 aliphatic rings. The maximum Gasteiger partial charge on any atom is 0.294 e. The van der Waals surface area contributed by atoms with Crippen LogP contribution in [0.5, 0.6) is 11.5 Å². The molecular weight excluding hydrogens is 440 g/mol. The summed E-state index contributed by atoms with van der Waals surface area (Å²) < 4.78 is 10.8. The summed E-state index contributed by atoms with van der Waals surface area (Å²) in [5.74, 6) is 0.144. The van der Waals surface area contributed by atoms with E-state index in [-0.39, 0.29) is 11.4 Å². The largest absolute Gasteiger partial charge is 0.493 e. The molecule has 0 radical (unpaired) electrons. The third kappa shape index (κ3) is 5.64. The highest BCUT2D eigenvalue weighted by Crippen LogP contribution is 2.36. The first-order valence-corrected chi connectivity index (χ1v) is 11.2. The monoisotopic (exact) mass is 466 g/mol. The normalized spacial score (nSPS) is 14.5. The van der Waals surface area contributed by atoms with Crippen LogP contribution in [0.1, 0.15) is 23.6 Å². The van der Waals surface area contributed by atoms with Gasteiger partial charge in [0.2, 0.25) is 5.91 Å². The molecule has 0 spiro atoms. The molecule has 0 aromatic heterocycles. The number of aryl methyl sites for hydroxylation is 1. The molecular formula is C25H26N2O5S. The number of carbonyl (C=O) groups excluding carboxylic acids is 3. The van der Waals surface area contributed by atoms with Crippen molar-refractivity contribution in [3.63, 3.8) is 0 Å². The van der Waals surface area contributed by atoms with Gasteiger partial charge in [-0.15, -0.1) is 6.58 Å². The number of rotatable bonds is 9. The number of amides is 3. The summed E-state index contributed by atoms with van der Waals surface area (Å²) in [7, 11) is 3.08. The number of ether oxygens (including phenoxy) is 2. The van der Waals surface area contributed by atoms with Crippen LogP contribution in [0.4, 0.5) is 10.5 Å². The Labute approximate surface area is 197 Å². The van der Waals surface area contributed by atoms with Gasteiger partial charge in [-0.2, -0.15) is 0 Å². The summed E-state index contributed by atoms with van der Waals surface area (Å²) in [6.45, 7) is 5.45. The Bertz CT molecular complexity index is 1110. The Kier molecular flexibility index (Phi) is 7.95. The van der Waals surface area contributed by atoms with Gasteiger partial charge in [-0.05, 0) is 66.1 Å². The molecule has 0 bridgehead atoms. The second-order valence-electron chi connectivity index (χ2n) is 7.27. The minimum atomic E-state index is -0.512. The standard InChI is InChI=1S/C25H26N2O5S/c1-5-7-18-12-17(13-20(31-3)23(18)32-4)14-21-24(29)27(25(30)33-21)15-22(28)26-19-10-8-16(6-2)9-11-19/h5,8-14H,1,6-7,15H2,2-4H3,(H,26,28)/b21-14-. The number of carbonyl (C=O) groups is 3. The van der Waals surface area contributed by atoms with Gasteiger partial charge in [-0.25, -0.2) is 0 Å². The van der Waals surface area contributed by atoms with E-state index in [0.29, 0.717) is 29.2 Å². The SMILES string of the molecule is C=CCc1cc(/C=C2\SC(=O)N(CC(=O)Nc3ccc(CC)cc3)C2=O)cc(OC)c1OC. The molecule has 1 heterocycles. The zero-order chi connectivity index (χ0) is 24.0. The second-order valence-corrected chi connectivity index (χ2v) is 8.27. The van der Waals surface area contributed by atoms with Crippen LogP contribution in [0.25, 0.3) is 6.08 Å². The van der Waals surface area contributed by atoms with Crippen molar-refractivity contribution in [2.24, 2.45) is 0 Å². The summed E-state index contributed by atoms with van der Waals surface area (Å²) in [5, 5.41) is 2.23. The number of hydrogen-bond acceptors (Lipinski definition) is 6. The molecule has 3 amide bonds. The zero-order valence-electron chi connectivity index (χ0n) is 18.8. The first-order valence-electron chi connectivity index (χ1n) is 10.4. The van der Waals surface area contributed by atoms with Gasteiger partial charge in [0, 0.05) is 11.3 Å². The predicted molar refractivity (Wildman–Crippen MR) is 131 cm³/mol. The summed E-state index contributed by atoms with van der Waals surface area (Å²) in [6, 6.07) is 11.0. The molecule has 33 heavy (non-hydrogen) atoms. The fourth-order valence-corrected chi connectivity index (χ4v) is 4.25. The Morgan fingerprint density at radius 3 is 2.48 bits per heavy atom. The summed E-state index contributed by atoms with van der Waals surface area (Å²) >= 11 is 0.799. The molecule has 7 nitrogen and oxygen atoms in total. The van der Waals surface area contributed by atoms with Gasteiger partial charge in [0.05, 0.1) is 19.1 Å². The molecule has 2 aromatic rings. The Balaban J connectivity index is 1.77. The number of hydrogen-bond donors (Lipinski definition) is 1. The first kappa shape index (κ1) is 24.1. The van der Waals surface area contributed by atoms with Gasteiger partial charge in [0.1, 0.15) is 6.54 Å². The highest BCUT2D eigenvalue weighted by molar-refractivity contribution is 8.18. The summed E-state index contributed by atoms with van der Waals surface area (Å²) in [6.07, 6.45) is 4.79. The Morgan fingerprint density at radius 1 is 1.15 bits per heavy atom. The molecule has 172 valence electrons. The van der Waals surface area contributed by atoms with E-state index in [4.69, 9.17) is 9.47 Å². The lowest BCUT2D eigenvalue weighted by Gasteiger charge is -2.13. The molecule has 1 saturated heterocycles. The molecule has 8 heteroatoms. The van der Waals surface area contributed by atoms with Crippen LogP contribution in [0.2, 0.25) is 0 Å². The van der Waals surface area contributed by atoms with Crippen molar-refractivity contribution < 1.29 is 23.9 Å². The third-order valence-corrected chi connectivity index (χ3v) is 5.97. The van der Waals surface area contributed by atoms with Crippen LogP contribution in [0, 0.1) is 0 Å². The van der Waals surface area contributed by atoms with Gasteiger partial charge in [0.15, 0.2) is 11.5 Å². The van der Waals surface area contributed by atoms with Crippen molar-refractivity contribution in [1.82, 2.24) is 4.90 Å². The Morgan fingerprint density at radius 2 is 1.88 bits per heavy atom. The summed E-state index contributed by atoms with van der Waals surface area (Å²) in [4.78, 5) is 38.9. The lowest BCUT2D eigenvalue weighted by molar-refractivity contribution is -0.127. The minimum absolute atomic E-state index is 0.233. The molecule has 1 N–H and O–H groups in total.